The van der Waals surface area contributed by atoms with Crippen LogP contribution in [0.25, 0.3) is 11.1 Å². The predicted molar refractivity (Wildman–Crippen MR) is 135 cm³/mol. The van der Waals surface area contributed by atoms with Gasteiger partial charge in [-0.15, -0.1) is 0 Å². The van der Waals surface area contributed by atoms with E-state index in [1.807, 2.05) is 43.9 Å². The molecule has 0 radical (unpaired) electrons. The molecule has 0 bridgehead atoms. The van der Waals surface area contributed by atoms with Crippen LogP contribution in [0, 0.1) is 5.92 Å². The van der Waals surface area contributed by atoms with E-state index in [0.29, 0.717) is 12.3 Å². The summed E-state index contributed by atoms with van der Waals surface area (Å²) in [6.45, 7) is 12.6. The summed E-state index contributed by atoms with van der Waals surface area (Å²) in [6, 6.07) is 14.2. The van der Waals surface area contributed by atoms with Gasteiger partial charge in [-0.2, -0.15) is 0 Å². The SMILES string of the molecule is CC(=O)N1c2ccc(-c3cccc(NCCC(C)C)c3)cc2[C@H](NC(=O)OC(C)C)C[C@@H]1C. The van der Waals surface area contributed by atoms with Gasteiger partial charge in [0, 0.05) is 30.9 Å². The molecule has 0 saturated heterocycles. The Morgan fingerprint density at radius 1 is 1.09 bits per heavy atom. The van der Waals surface area contributed by atoms with Crippen molar-refractivity contribution < 1.29 is 14.3 Å². The van der Waals surface area contributed by atoms with Gasteiger partial charge in [-0.1, -0.05) is 32.0 Å². The van der Waals surface area contributed by atoms with E-state index in [1.165, 1.54) is 0 Å². The van der Waals surface area contributed by atoms with Gasteiger partial charge in [0.25, 0.3) is 0 Å². The maximum atomic E-state index is 12.4. The number of fused-ring (bicyclic) bond motifs is 1. The fourth-order valence-corrected chi connectivity index (χ4v) is 4.36. The lowest BCUT2D eigenvalue weighted by Crippen LogP contribution is -2.45. The molecular weight excluding hydrogens is 414 g/mol. The lowest BCUT2D eigenvalue weighted by atomic mass is 9.89. The Labute approximate surface area is 197 Å². The standard InChI is InChI=1S/C27H37N3O3/c1-17(2)12-13-28-23-9-7-8-21(15-23)22-10-11-26-24(16-22)25(29-27(32)33-18(3)4)14-19(5)30(26)20(6)31/h7-11,15-19,25,28H,12-14H2,1-6H3,(H,29,32)/t19-,25+/m0/s1. The first-order valence-electron chi connectivity index (χ1n) is 11.9. The zero-order chi connectivity index (χ0) is 24.1. The van der Waals surface area contributed by atoms with Gasteiger partial charge >= 0.3 is 6.09 Å². The molecule has 33 heavy (non-hydrogen) atoms. The third-order valence-electron chi connectivity index (χ3n) is 5.90. The average Bonchev–Trinajstić information content (AvgIpc) is 2.72. The van der Waals surface area contributed by atoms with Crippen LogP contribution in [0.5, 0.6) is 0 Å². The molecule has 1 heterocycles. The summed E-state index contributed by atoms with van der Waals surface area (Å²) in [4.78, 5) is 26.6. The summed E-state index contributed by atoms with van der Waals surface area (Å²) < 4.78 is 5.32. The van der Waals surface area contributed by atoms with Crippen molar-refractivity contribution in [1.29, 1.82) is 0 Å². The molecule has 178 valence electrons. The van der Waals surface area contributed by atoms with Crippen molar-refractivity contribution in [1.82, 2.24) is 5.32 Å². The number of carbonyl (C=O) groups excluding carboxylic acids is 2. The number of rotatable bonds is 7. The molecule has 0 fully saturated rings. The van der Waals surface area contributed by atoms with E-state index in [1.54, 1.807) is 6.92 Å². The fraction of sp³-hybridized carbons (Fsp3) is 0.481. The first-order chi connectivity index (χ1) is 15.7. The van der Waals surface area contributed by atoms with Crippen LogP contribution in [-0.2, 0) is 9.53 Å². The normalized spacial score (nSPS) is 17.6. The smallest absolute Gasteiger partial charge is 0.407 e. The second-order valence-corrected chi connectivity index (χ2v) is 9.59. The minimum atomic E-state index is -0.439. The monoisotopic (exact) mass is 451 g/mol. The van der Waals surface area contributed by atoms with Gasteiger partial charge in [0.2, 0.25) is 5.91 Å². The Kier molecular flexibility index (Phi) is 8.01. The van der Waals surface area contributed by atoms with Gasteiger partial charge in [0.1, 0.15) is 0 Å². The highest BCUT2D eigenvalue weighted by molar-refractivity contribution is 5.94. The van der Waals surface area contributed by atoms with Crippen LogP contribution in [0.4, 0.5) is 16.2 Å². The van der Waals surface area contributed by atoms with Gasteiger partial charge in [0.15, 0.2) is 0 Å². The first kappa shape index (κ1) is 24.6. The summed E-state index contributed by atoms with van der Waals surface area (Å²) in [7, 11) is 0. The Balaban J connectivity index is 1.93. The fourth-order valence-electron chi connectivity index (χ4n) is 4.36. The molecule has 0 unspecified atom stereocenters. The van der Waals surface area contributed by atoms with Crippen molar-refractivity contribution in [3.63, 3.8) is 0 Å². The first-order valence-corrected chi connectivity index (χ1v) is 11.9. The second kappa shape index (κ2) is 10.7. The number of amides is 2. The molecule has 1 aliphatic rings. The molecule has 0 saturated carbocycles. The number of hydrogen-bond acceptors (Lipinski definition) is 4. The number of ether oxygens (including phenoxy) is 1. The summed E-state index contributed by atoms with van der Waals surface area (Å²) in [5, 5.41) is 6.52. The van der Waals surface area contributed by atoms with Crippen LogP contribution in [-0.4, -0.2) is 30.7 Å². The molecule has 6 heteroatoms. The summed E-state index contributed by atoms with van der Waals surface area (Å²) in [6.07, 6.45) is 1.10. The van der Waals surface area contributed by atoms with E-state index in [4.69, 9.17) is 4.74 Å². The largest absolute Gasteiger partial charge is 0.447 e. The van der Waals surface area contributed by atoms with Crippen LogP contribution < -0.4 is 15.5 Å². The summed E-state index contributed by atoms with van der Waals surface area (Å²) in [5.41, 5.74) is 4.98. The van der Waals surface area contributed by atoms with Gasteiger partial charge < -0.3 is 20.3 Å². The molecule has 2 atom stereocenters. The zero-order valence-electron chi connectivity index (χ0n) is 20.6. The van der Waals surface area contributed by atoms with Crippen LogP contribution in [0.1, 0.15) is 66.0 Å². The number of anilines is 2. The Morgan fingerprint density at radius 3 is 2.48 bits per heavy atom. The molecule has 3 rings (SSSR count). The van der Waals surface area contributed by atoms with Crippen LogP contribution in [0.15, 0.2) is 42.5 Å². The topological polar surface area (TPSA) is 70.7 Å². The third-order valence-corrected chi connectivity index (χ3v) is 5.90. The van der Waals surface area contributed by atoms with Crippen molar-refractivity contribution in [2.45, 2.75) is 72.6 Å². The molecule has 0 aromatic heterocycles. The quantitative estimate of drug-likeness (QED) is 0.531. The van der Waals surface area contributed by atoms with Crippen molar-refractivity contribution >= 4 is 23.4 Å². The van der Waals surface area contributed by atoms with E-state index < -0.39 is 6.09 Å². The molecule has 0 aliphatic carbocycles. The van der Waals surface area contributed by atoms with Crippen LogP contribution in [0.3, 0.4) is 0 Å². The number of carbonyl (C=O) groups is 2. The Bertz CT molecular complexity index is 986. The van der Waals surface area contributed by atoms with E-state index in [0.717, 1.165) is 41.0 Å². The van der Waals surface area contributed by atoms with Crippen molar-refractivity contribution in [2.24, 2.45) is 5.92 Å². The number of alkyl carbamates (subject to hydrolysis) is 1. The minimum Gasteiger partial charge on any atom is -0.447 e. The lowest BCUT2D eigenvalue weighted by molar-refractivity contribution is -0.117. The number of nitrogens with zero attached hydrogens (tertiary/aromatic N) is 1. The van der Waals surface area contributed by atoms with Crippen molar-refractivity contribution in [3.05, 3.63) is 48.0 Å². The maximum absolute atomic E-state index is 12.4. The molecule has 1 aliphatic heterocycles. The van der Waals surface area contributed by atoms with E-state index in [9.17, 15) is 9.59 Å². The number of benzene rings is 2. The number of hydrogen-bond donors (Lipinski definition) is 2. The zero-order valence-corrected chi connectivity index (χ0v) is 20.6. The average molecular weight is 452 g/mol. The van der Waals surface area contributed by atoms with E-state index in [2.05, 4.69) is 48.7 Å². The summed E-state index contributed by atoms with van der Waals surface area (Å²) in [5.74, 6) is 0.649. The van der Waals surface area contributed by atoms with Crippen LogP contribution in [0.2, 0.25) is 0 Å². The predicted octanol–water partition coefficient (Wildman–Crippen LogP) is 6.13. The third kappa shape index (κ3) is 6.28. The molecule has 2 aromatic carbocycles. The number of nitrogens with one attached hydrogen (secondary N) is 2. The van der Waals surface area contributed by atoms with Crippen molar-refractivity contribution in [2.75, 3.05) is 16.8 Å². The molecule has 6 nitrogen and oxygen atoms in total. The molecule has 0 spiro atoms. The molecule has 2 aromatic rings. The highest BCUT2D eigenvalue weighted by atomic mass is 16.6. The molecule has 2 amide bonds. The molecular formula is C27H37N3O3. The molecule has 2 N–H and O–H groups in total. The Morgan fingerprint density at radius 2 is 1.82 bits per heavy atom. The van der Waals surface area contributed by atoms with Crippen molar-refractivity contribution in [3.8, 4) is 11.1 Å². The Hall–Kier alpha value is -3.02. The highest BCUT2D eigenvalue weighted by Gasteiger charge is 2.33. The van der Waals surface area contributed by atoms with Crippen LogP contribution >= 0.6 is 0 Å². The highest BCUT2D eigenvalue weighted by Crippen LogP contribution is 2.40. The van der Waals surface area contributed by atoms with Gasteiger partial charge in [0.05, 0.1) is 12.1 Å². The van der Waals surface area contributed by atoms with Gasteiger partial charge in [-0.05, 0) is 80.5 Å². The maximum Gasteiger partial charge on any atom is 0.407 e. The second-order valence-electron chi connectivity index (χ2n) is 9.59. The minimum absolute atomic E-state index is 0.00365. The van der Waals surface area contributed by atoms with Gasteiger partial charge in [-0.25, -0.2) is 4.79 Å². The lowest BCUT2D eigenvalue weighted by Gasteiger charge is -2.39. The van der Waals surface area contributed by atoms with E-state index in [-0.39, 0.29) is 24.1 Å². The summed E-state index contributed by atoms with van der Waals surface area (Å²) >= 11 is 0. The van der Waals surface area contributed by atoms with E-state index >= 15 is 0 Å². The van der Waals surface area contributed by atoms with Gasteiger partial charge in [-0.3, -0.25) is 4.79 Å².